The van der Waals surface area contributed by atoms with Gasteiger partial charge in [-0.25, -0.2) is 0 Å². The van der Waals surface area contributed by atoms with Crippen LogP contribution in [0, 0.1) is 0 Å². The van der Waals surface area contributed by atoms with Crippen molar-refractivity contribution in [3.05, 3.63) is 28.7 Å². The van der Waals surface area contributed by atoms with Crippen molar-refractivity contribution in [1.82, 2.24) is 5.32 Å². The second-order valence-corrected chi connectivity index (χ2v) is 5.52. The SMILES string of the molecule is O=C(O)CCCNC(=O)CCCCOc1ccc(Br)cc1. The van der Waals surface area contributed by atoms with Crippen LogP contribution in [0.25, 0.3) is 0 Å². The number of carboxylic acids is 1. The molecule has 1 amide bonds. The Hall–Kier alpha value is -1.56. The maximum atomic E-state index is 11.5. The van der Waals surface area contributed by atoms with Crippen LogP contribution in [0.4, 0.5) is 0 Å². The maximum absolute atomic E-state index is 11.5. The standard InChI is InChI=1S/C15H20BrNO4/c16-12-6-8-13(9-7-12)21-11-2-1-4-14(18)17-10-3-5-15(19)20/h6-9H,1-5,10-11H2,(H,17,18)(H,19,20). The van der Waals surface area contributed by atoms with E-state index >= 15 is 0 Å². The average Bonchev–Trinajstić information content (AvgIpc) is 2.45. The summed E-state index contributed by atoms with van der Waals surface area (Å²) in [6.45, 7) is 0.994. The minimum Gasteiger partial charge on any atom is -0.494 e. The van der Waals surface area contributed by atoms with Crippen LogP contribution in [0.5, 0.6) is 5.75 Å². The van der Waals surface area contributed by atoms with E-state index in [1.165, 1.54) is 0 Å². The summed E-state index contributed by atoms with van der Waals surface area (Å²) in [5, 5.41) is 11.2. The fourth-order valence-corrected chi connectivity index (χ4v) is 1.93. The molecule has 0 radical (unpaired) electrons. The number of nitrogens with one attached hydrogen (secondary N) is 1. The van der Waals surface area contributed by atoms with E-state index in [-0.39, 0.29) is 12.3 Å². The first-order chi connectivity index (χ1) is 10.1. The highest BCUT2D eigenvalue weighted by atomic mass is 79.9. The predicted molar refractivity (Wildman–Crippen MR) is 83.4 cm³/mol. The molecule has 21 heavy (non-hydrogen) atoms. The lowest BCUT2D eigenvalue weighted by Gasteiger charge is -2.06. The maximum Gasteiger partial charge on any atom is 0.303 e. The number of hydrogen-bond donors (Lipinski definition) is 2. The summed E-state index contributed by atoms with van der Waals surface area (Å²) in [5.41, 5.74) is 0. The van der Waals surface area contributed by atoms with Gasteiger partial charge in [-0.3, -0.25) is 9.59 Å². The van der Waals surface area contributed by atoms with E-state index < -0.39 is 5.97 Å². The molecule has 0 aliphatic heterocycles. The molecular formula is C15H20BrNO4. The molecule has 116 valence electrons. The Morgan fingerprint density at radius 2 is 1.81 bits per heavy atom. The van der Waals surface area contributed by atoms with Crippen molar-refractivity contribution in [1.29, 1.82) is 0 Å². The van der Waals surface area contributed by atoms with Gasteiger partial charge >= 0.3 is 5.97 Å². The summed E-state index contributed by atoms with van der Waals surface area (Å²) in [5.74, 6) is -0.0605. The van der Waals surface area contributed by atoms with Gasteiger partial charge in [0.15, 0.2) is 0 Å². The molecule has 0 aliphatic carbocycles. The van der Waals surface area contributed by atoms with Crippen molar-refractivity contribution in [2.45, 2.75) is 32.1 Å². The van der Waals surface area contributed by atoms with Crippen LogP contribution in [-0.2, 0) is 9.59 Å². The molecule has 2 N–H and O–H groups in total. The minimum atomic E-state index is -0.839. The molecule has 0 aliphatic rings. The molecule has 1 aromatic carbocycles. The third kappa shape index (κ3) is 9.07. The van der Waals surface area contributed by atoms with Gasteiger partial charge in [-0.1, -0.05) is 15.9 Å². The van der Waals surface area contributed by atoms with Crippen molar-refractivity contribution >= 4 is 27.8 Å². The van der Waals surface area contributed by atoms with E-state index in [1.54, 1.807) is 0 Å². The molecular weight excluding hydrogens is 338 g/mol. The fraction of sp³-hybridized carbons (Fsp3) is 0.467. The van der Waals surface area contributed by atoms with E-state index in [1.807, 2.05) is 24.3 Å². The number of carbonyl (C=O) groups is 2. The van der Waals surface area contributed by atoms with Crippen LogP contribution in [0.1, 0.15) is 32.1 Å². The lowest BCUT2D eigenvalue weighted by Crippen LogP contribution is -2.24. The number of carbonyl (C=O) groups excluding carboxylic acids is 1. The highest BCUT2D eigenvalue weighted by Crippen LogP contribution is 2.16. The first kappa shape index (κ1) is 17.5. The van der Waals surface area contributed by atoms with Gasteiger partial charge in [0.25, 0.3) is 0 Å². The van der Waals surface area contributed by atoms with Gasteiger partial charge in [0.1, 0.15) is 5.75 Å². The molecule has 1 aromatic rings. The highest BCUT2D eigenvalue weighted by Gasteiger charge is 2.02. The average molecular weight is 358 g/mol. The van der Waals surface area contributed by atoms with Crippen molar-refractivity contribution in [3.63, 3.8) is 0 Å². The van der Waals surface area contributed by atoms with Crippen molar-refractivity contribution < 1.29 is 19.4 Å². The Kier molecular flexibility index (Phi) is 8.50. The predicted octanol–water partition coefficient (Wildman–Crippen LogP) is 2.98. The molecule has 5 nitrogen and oxygen atoms in total. The zero-order valence-electron chi connectivity index (χ0n) is 11.8. The number of benzene rings is 1. The van der Waals surface area contributed by atoms with Crippen LogP contribution in [0.2, 0.25) is 0 Å². The van der Waals surface area contributed by atoms with Crippen LogP contribution < -0.4 is 10.1 Å². The molecule has 0 atom stereocenters. The van der Waals surface area contributed by atoms with Crippen molar-refractivity contribution in [2.24, 2.45) is 0 Å². The van der Waals surface area contributed by atoms with E-state index in [0.29, 0.717) is 26.0 Å². The summed E-state index contributed by atoms with van der Waals surface area (Å²) >= 11 is 3.36. The summed E-state index contributed by atoms with van der Waals surface area (Å²) in [6.07, 6.45) is 2.55. The first-order valence-corrected chi connectivity index (χ1v) is 7.74. The van der Waals surface area contributed by atoms with Gasteiger partial charge in [0, 0.05) is 23.9 Å². The number of hydrogen-bond acceptors (Lipinski definition) is 3. The highest BCUT2D eigenvalue weighted by molar-refractivity contribution is 9.10. The number of aliphatic carboxylic acids is 1. The van der Waals surface area contributed by atoms with Crippen LogP contribution >= 0.6 is 15.9 Å². The lowest BCUT2D eigenvalue weighted by molar-refractivity contribution is -0.137. The molecule has 0 saturated carbocycles. The van der Waals surface area contributed by atoms with Crippen molar-refractivity contribution in [2.75, 3.05) is 13.2 Å². The molecule has 0 fully saturated rings. The molecule has 6 heteroatoms. The van der Waals surface area contributed by atoms with E-state index in [0.717, 1.165) is 23.1 Å². The summed E-state index contributed by atoms with van der Waals surface area (Å²) in [6, 6.07) is 7.61. The van der Waals surface area contributed by atoms with E-state index in [9.17, 15) is 9.59 Å². The number of halogens is 1. The number of unbranched alkanes of at least 4 members (excludes halogenated alkanes) is 1. The number of amides is 1. The number of ether oxygens (including phenoxy) is 1. The summed E-state index contributed by atoms with van der Waals surface area (Å²) in [7, 11) is 0. The van der Waals surface area contributed by atoms with Crippen LogP contribution in [0.3, 0.4) is 0 Å². The topological polar surface area (TPSA) is 75.6 Å². The third-order valence-electron chi connectivity index (χ3n) is 2.77. The molecule has 1 rings (SSSR count). The molecule has 0 spiro atoms. The van der Waals surface area contributed by atoms with Crippen LogP contribution in [0.15, 0.2) is 28.7 Å². The number of carboxylic acid groups (broad SMARTS) is 1. The molecule has 0 aromatic heterocycles. The van der Waals surface area contributed by atoms with Gasteiger partial charge in [-0.15, -0.1) is 0 Å². The minimum absolute atomic E-state index is 0.0379. The Balaban J connectivity index is 1.99. The Morgan fingerprint density at radius 1 is 1.10 bits per heavy atom. The first-order valence-electron chi connectivity index (χ1n) is 6.95. The monoisotopic (exact) mass is 357 g/mol. The lowest BCUT2D eigenvalue weighted by atomic mass is 10.2. The van der Waals surface area contributed by atoms with E-state index in [4.69, 9.17) is 9.84 Å². The molecule has 0 unspecified atom stereocenters. The second-order valence-electron chi connectivity index (χ2n) is 4.61. The normalized spacial score (nSPS) is 10.1. The smallest absolute Gasteiger partial charge is 0.303 e. The third-order valence-corrected chi connectivity index (χ3v) is 3.30. The van der Waals surface area contributed by atoms with Gasteiger partial charge in [0.2, 0.25) is 5.91 Å². The zero-order valence-corrected chi connectivity index (χ0v) is 13.4. The van der Waals surface area contributed by atoms with Gasteiger partial charge in [-0.2, -0.15) is 0 Å². The Bertz CT molecular complexity index is 447. The van der Waals surface area contributed by atoms with Crippen molar-refractivity contribution in [3.8, 4) is 5.75 Å². The van der Waals surface area contributed by atoms with Gasteiger partial charge in [-0.05, 0) is 43.5 Å². The largest absolute Gasteiger partial charge is 0.494 e. The zero-order chi connectivity index (χ0) is 15.5. The Labute approximate surface area is 132 Å². The summed E-state index contributed by atoms with van der Waals surface area (Å²) in [4.78, 5) is 21.7. The Morgan fingerprint density at radius 3 is 2.48 bits per heavy atom. The second kappa shape index (κ2) is 10.2. The molecule has 0 saturated heterocycles. The molecule has 0 bridgehead atoms. The van der Waals surface area contributed by atoms with E-state index in [2.05, 4.69) is 21.2 Å². The fourth-order valence-electron chi connectivity index (χ4n) is 1.66. The molecule has 0 heterocycles. The quantitative estimate of drug-likeness (QED) is 0.631. The summed E-state index contributed by atoms with van der Waals surface area (Å²) < 4.78 is 6.56. The number of rotatable bonds is 10. The van der Waals surface area contributed by atoms with Gasteiger partial charge < -0.3 is 15.2 Å². The van der Waals surface area contributed by atoms with Crippen LogP contribution in [-0.4, -0.2) is 30.1 Å². The van der Waals surface area contributed by atoms with Gasteiger partial charge in [0.05, 0.1) is 6.61 Å².